The number of rotatable bonds is 3. The van der Waals surface area contributed by atoms with E-state index in [9.17, 15) is 9.50 Å². The van der Waals surface area contributed by atoms with Gasteiger partial charge in [-0.05, 0) is 49.1 Å². The van der Waals surface area contributed by atoms with Crippen LogP contribution in [0.25, 0.3) is 5.03 Å². The normalized spacial score (nSPS) is 17.7. The van der Waals surface area contributed by atoms with Crippen molar-refractivity contribution < 1.29 is 9.50 Å². The van der Waals surface area contributed by atoms with Gasteiger partial charge in [-0.2, -0.15) is 0 Å². The molecule has 0 saturated carbocycles. The molecule has 3 rings (SSSR count). The molecule has 1 atom stereocenters. The number of aryl methyl sites for hydroxylation is 1. The van der Waals surface area contributed by atoms with E-state index in [1.165, 1.54) is 0 Å². The number of nitrogens with zero attached hydrogens (tertiary/aromatic N) is 1. The second kappa shape index (κ2) is 6.96. The van der Waals surface area contributed by atoms with Crippen LogP contribution in [0.15, 0.2) is 48.0 Å². The molecule has 24 heavy (non-hydrogen) atoms. The monoisotopic (exact) mass is 345 g/mol. The number of aliphatic hydroxyl groups excluding tert-OH is 1. The van der Waals surface area contributed by atoms with Crippen LogP contribution in [0.3, 0.4) is 0 Å². The van der Waals surface area contributed by atoms with Crippen LogP contribution >= 0.6 is 11.6 Å². The van der Waals surface area contributed by atoms with Gasteiger partial charge in [-0.3, -0.25) is 0 Å². The summed E-state index contributed by atoms with van der Waals surface area (Å²) < 4.78 is 13.9. The van der Waals surface area contributed by atoms with Crippen molar-refractivity contribution in [2.45, 2.75) is 32.9 Å². The van der Waals surface area contributed by atoms with Crippen LogP contribution in [0.4, 0.5) is 10.1 Å². The number of para-hydroxylation sites is 1. The van der Waals surface area contributed by atoms with E-state index in [1.54, 1.807) is 13.0 Å². The Bertz CT molecular complexity index is 787. The zero-order valence-corrected chi connectivity index (χ0v) is 14.6. The lowest BCUT2D eigenvalue weighted by Crippen LogP contribution is -2.32. The molecule has 1 aliphatic rings. The maximum Gasteiger partial charge on any atom is 0.126 e. The summed E-state index contributed by atoms with van der Waals surface area (Å²) in [4.78, 5) is 2.23. The smallest absolute Gasteiger partial charge is 0.126 e. The summed E-state index contributed by atoms with van der Waals surface area (Å²) in [6, 6.07) is 13.4. The van der Waals surface area contributed by atoms with Crippen LogP contribution in [0.2, 0.25) is 0 Å². The standard InChI is InChI=1S/C20H21ClFNO/c1-13-7-8-15(10-18(13)22)11-23-14(2)9-16(12-24)20(21)17-5-3-4-6-19(17)23/h3-8,10,14,24H,9,11-12H2,1-2H3. The third kappa shape index (κ3) is 3.19. The Morgan fingerprint density at radius 1 is 1.25 bits per heavy atom. The minimum Gasteiger partial charge on any atom is -0.392 e. The molecule has 0 amide bonds. The quantitative estimate of drug-likeness (QED) is 0.857. The van der Waals surface area contributed by atoms with Gasteiger partial charge in [0.15, 0.2) is 0 Å². The fraction of sp³-hybridized carbons (Fsp3) is 0.300. The maximum atomic E-state index is 13.9. The van der Waals surface area contributed by atoms with Gasteiger partial charge < -0.3 is 10.0 Å². The van der Waals surface area contributed by atoms with Crippen molar-refractivity contribution >= 4 is 22.3 Å². The summed E-state index contributed by atoms with van der Waals surface area (Å²) in [5.74, 6) is -0.185. The highest BCUT2D eigenvalue weighted by molar-refractivity contribution is 6.50. The first-order valence-corrected chi connectivity index (χ1v) is 8.48. The van der Waals surface area contributed by atoms with Gasteiger partial charge in [0.05, 0.1) is 11.6 Å². The number of aliphatic hydroxyl groups is 1. The predicted molar refractivity (Wildman–Crippen MR) is 97.7 cm³/mol. The van der Waals surface area contributed by atoms with E-state index < -0.39 is 0 Å². The Morgan fingerprint density at radius 2 is 2.00 bits per heavy atom. The fourth-order valence-corrected chi connectivity index (χ4v) is 3.50. The van der Waals surface area contributed by atoms with Crippen molar-refractivity contribution in [3.05, 3.63) is 70.5 Å². The second-order valence-corrected chi connectivity index (χ2v) is 6.74. The number of halogens is 2. The molecular weight excluding hydrogens is 325 g/mol. The minimum absolute atomic E-state index is 0.0511. The van der Waals surface area contributed by atoms with Crippen molar-refractivity contribution in [2.75, 3.05) is 11.5 Å². The van der Waals surface area contributed by atoms with Crippen molar-refractivity contribution in [3.63, 3.8) is 0 Å². The molecule has 2 nitrogen and oxygen atoms in total. The fourth-order valence-electron chi connectivity index (χ4n) is 3.20. The molecule has 0 aliphatic carbocycles. The van der Waals surface area contributed by atoms with Gasteiger partial charge in [0, 0.05) is 23.8 Å². The highest BCUT2D eigenvalue weighted by Gasteiger charge is 2.25. The Hall–Kier alpha value is -1.84. The van der Waals surface area contributed by atoms with Crippen LogP contribution in [0, 0.1) is 12.7 Å². The Morgan fingerprint density at radius 3 is 2.71 bits per heavy atom. The molecule has 0 bridgehead atoms. The molecule has 0 aromatic heterocycles. The lowest BCUT2D eigenvalue weighted by Gasteiger charge is -2.31. The summed E-state index contributed by atoms with van der Waals surface area (Å²) in [5, 5.41) is 10.3. The van der Waals surface area contributed by atoms with Crippen molar-refractivity contribution in [3.8, 4) is 0 Å². The maximum absolute atomic E-state index is 13.9. The van der Waals surface area contributed by atoms with Crippen LogP contribution < -0.4 is 4.90 Å². The molecule has 1 N–H and O–H groups in total. The van der Waals surface area contributed by atoms with Gasteiger partial charge in [0.25, 0.3) is 0 Å². The third-order valence-electron chi connectivity index (χ3n) is 4.61. The first-order valence-electron chi connectivity index (χ1n) is 8.10. The average Bonchev–Trinajstić information content (AvgIpc) is 2.68. The molecule has 0 spiro atoms. The molecule has 0 fully saturated rings. The molecule has 0 radical (unpaired) electrons. The summed E-state index contributed by atoms with van der Waals surface area (Å²) in [7, 11) is 0. The minimum atomic E-state index is -0.185. The second-order valence-electron chi connectivity index (χ2n) is 6.36. The topological polar surface area (TPSA) is 23.5 Å². The Balaban J connectivity index is 2.02. The van der Waals surface area contributed by atoms with Crippen LogP contribution in [0.1, 0.15) is 30.0 Å². The molecular formula is C20H21ClFNO. The highest BCUT2D eigenvalue weighted by atomic mass is 35.5. The molecule has 1 unspecified atom stereocenters. The van der Waals surface area contributed by atoms with E-state index in [-0.39, 0.29) is 18.5 Å². The van der Waals surface area contributed by atoms with E-state index in [0.29, 0.717) is 23.6 Å². The van der Waals surface area contributed by atoms with Gasteiger partial charge in [-0.1, -0.05) is 41.9 Å². The number of hydrogen-bond donors (Lipinski definition) is 1. The molecule has 126 valence electrons. The van der Waals surface area contributed by atoms with Gasteiger partial charge >= 0.3 is 0 Å². The number of anilines is 1. The van der Waals surface area contributed by atoms with Crippen molar-refractivity contribution in [1.82, 2.24) is 0 Å². The van der Waals surface area contributed by atoms with Crippen molar-refractivity contribution in [2.24, 2.45) is 0 Å². The van der Waals surface area contributed by atoms with Crippen LogP contribution in [-0.2, 0) is 6.54 Å². The first kappa shape index (κ1) is 17.0. The summed E-state index contributed by atoms with van der Waals surface area (Å²) in [6.45, 7) is 4.41. The van der Waals surface area contributed by atoms with Gasteiger partial charge in [0.2, 0.25) is 0 Å². The number of hydrogen-bond acceptors (Lipinski definition) is 2. The molecule has 1 heterocycles. The molecule has 4 heteroatoms. The third-order valence-corrected chi connectivity index (χ3v) is 5.09. The number of fused-ring (bicyclic) bond motifs is 1. The molecule has 2 aromatic rings. The molecule has 1 aliphatic heterocycles. The van der Waals surface area contributed by atoms with E-state index in [2.05, 4.69) is 11.8 Å². The van der Waals surface area contributed by atoms with E-state index in [1.807, 2.05) is 36.4 Å². The van der Waals surface area contributed by atoms with Crippen molar-refractivity contribution in [1.29, 1.82) is 0 Å². The van der Waals surface area contributed by atoms with E-state index in [4.69, 9.17) is 11.6 Å². The van der Waals surface area contributed by atoms with Gasteiger partial charge in [-0.25, -0.2) is 4.39 Å². The van der Waals surface area contributed by atoms with Gasteiger partial charge in [-0.15, -0.1) is 0 Å². The summed E-state index contributed by atoms with van der Waals surface area (Å²) in [5.41, 5.74) is 4.34. The highest BCUT2D eigenvalue weighted by Crippen LogP contribution is 2.39. The van der Waals surface area contributed by atoms with Gasteiger partial charge in [0.1, 0.15) is 5.82 Å². The molecule has 0 saturated heterocycles. The SMILES string of the molecule is Cc1ccc(CN2c3ccccc3C(Cl)=C(CO)CC2C)cc1F. The summed E-state index contributed by atoms with van der Waals surface area (Å²) >= 11 is 6.53. The van der Waals surface area contributed by atoms with E-state index >= 15 is 0 Å². The Kier molecular flexibility index (Phi) is 4.93. The summed E-state index contributed by atoms with van der Waals surface area (Å²) in [6.07, 6.45) is 0.679. The van der Waals surface area contributed by atoms with Crippen LogP contribution in [-0.4, -0.2) is 17.8 Å². The Labute approximate surface area is 147 Å². The van der Waals surface area contributed by atoms with Crippen LogP contribution in [0.5, 0.6) is 0 Å². The average molecular weight is 346 g/mol. The first-order chi connectivity index (χ1) is 11.5. The lowest BCUT2D eigenvalue weighted by atomic mass is 10.1. The lowest BCUT2D eigenvalue weighted by molar-refractivity contribution is 0.325. The predicted octanol–water partition coefficient (Wildman–Crippen LogP) is 4.88. The zero-order valence-electron chi connectivity index (χ0n) is 13.9. The largest absolute Gasteiger partial charge is 0.392 e. The zero-order chi connectivity index (χ0) is 17.3. The number of benzene rings is 2. The van der Waals surface area contributed by atoms with E-state index in [0.717, 1.165) is 22.4 Å². The molecule has 2 aromatic carbocycles.